The van der Waals surface area contributed by atoms with Gasteiger partial charge in [0.2, 0.25) is 11.8 Å². The van der Waals surface area contributed by atoms with Gasteiger partial charge in [-0.3, -0.25) is 9.59 Å². The number of piperazine rings is 1. The standard InChI is InChI=1S/C14H22N2O2/c1-6-9-10(7-2)16-11(8-3)12(17)15-14(4,5)13(16)18/h1,10-11H,7-9H2,2-5H3,(H,15,17). The number of carbonyl (C=O) groups excluding carboxylic acids is 2. The van der Waals surface area contributed by atoms with Crippen molar-refractivity contribution in [1.82, 2.24) is 10.2 Å². The Hall–Kier alpha value is -1.50. The Kier molecular flexibility index (Phi) is 4.39. The van der Waals surface area contributed by atoms with Crippen molar-refractivity contribution < 1.29 is 9.59 Å². The summed E-state index contributed by atoms with van der Waals surface area (Å²) in [7, 11) is 0. The molecule has 0 saturated carbocycles. The molecule has 1 rings (SSSR count). The van der Waals surface area contributed by atoms with Crippen molar-refractivity contribution in [3.05, 3.63) is 0 Å². The van der Waals surface area contributed by atoms with Crippen LogP contribution in [0.2, 0.25) is 0 Å². The van der Waals surface area contributed by atoms with Gasteiger partial charge in [0.25, 0.3) is 0 Å². The van der Waals surface area contributed by atoms with Gasteiger partial charge in [0.05, 0.1) is 0 Å². The molecule has 0 spiro atoms. The fourth-order valence-corrected chi connectivity index (χ4v) is 2.41. The van der Waals surface area contributed by atoms with E-state index in [1.807, 2.05) is 13.8 Å². The number of rotatable bonds is 4. The van der Waals surface area contributed by atoms with E-state index in [9.17, 15) is 9.59 Å². The van der Waals surface area contributed by atoms with Crippen molar-refractivity contribution in [3.63, 3.8) is 0 Å². The van der Waals surface area contributed by atoms with E-state index in [1.54, 1.807) is 18.7 Å². The molecule has 1 N–H and O–H groups in total. The van der Waals surface area contributed by atoms with Crippen molar-refractivity contribution in [1.29, 1.82) is 0 Å². The SMILES string of the molecule is C#CCC(CC)N1C(=O)C(C)(C)NC(=O)C1CC. The highest BCUT2D eigenvalue weighted by atomic mass is 16.2. The normalized spacial score (nSPS) is 24.4. The maximum Gasteiger partial charge on any atom is 0.248 e. The molecule has 18 heavy (non-hydrogen) atoms. The third-order valence-electron chi connectivity index (χ3n) is 3.45. The van der Waals surface area contributed by atoms with Crippen LogP contribution in [-0.2, 0) is 9.59 Å². The van der Waals surface area contributed by atoms with Gasteiger partial charge in [-0.2, -0.15) is 0 Å². The van der Waals surface area contributed by atoms with Gasteiger partial charge in [0.1, 0.15) is 11.6 Å². The molecule has 2 amide bonds. The van der Waals surface area contributed by atoms with Crippen LogP contribution in [0.1, 0.15) is 47.0 Å². The number of hydrogen-bond acceptors (Lipinski definition) is 2. The lowest BCUT2D eigenvalue weighted by atomic mass is 9.92. The Morgan fingerprint density at radius 1 is 1.44 bits per heavy atom. The topological polar surface area (TPSA) is 49.4 Å². The minimum atomic E-state index is -0.842. The first-order valence-electron chi connectivity index (χ1n) is 6.47. The highest BCUT2D eigenvalue weighted by molar-refractivity contribution is 5.99. The average molecular weight is 250 g/mol. The van der Waals surface area contributed by atoms with E-state index in [1.165, 1.54) is 0 Å². The molecule has 1 aliphatic heterocycles. The smallest absolute Gasteiger partial charge is 0.248 e. The predicted octanol–water partition coefficient (Wildman–Crippen LogP) is 1.30. The number of carbonyl (C=O) groups is 2. The summed E-state index contributed by atoms with van der Waals surface area (Å²) in [6.45, 7) is 7.36. The summed E-state index contributed by atoms with van der Waals surface area (Å²) in [6, 6.07) is -0.457. The number of nitrogens with one attached hydrogen (secondary N) is 1. The van der Waals surface area contributed by atoms with Crippen molar-refractivity contribution >= 4 is 11.8 Å². The molecular formula is C14H22N2O2. The van der Waals surface area contributed by atoms with Crippen LogP contribution >= 0.6 is 0 Å². The van der Waals surface area contributed by atoms with E-state index in [0.717, 1.165) is 6.42 Å². The lowest BCUT2D eigenvalue weighted by molar-refractivity contribution is -0.156. The molecule has 100 valence electrons. The van der Waals surface area contributed by atoms with Gasteiger partial charge in [-0.05, 0) is 26.7 Å². The minimum absolute atomic E-state index is 0.0453. The number of hydrogen-bond donors (Lipinski definition) is 1. The zero-order valence-corrected chi connectivity index (χ0v) is 11.6. The molecule has 1 heterocycles. The molecule has 0 aromatic rings. The van der Waals surface area contributed by atoms with E-state index in [0.29, 0.717) is 12.8 Å². The zero-order valence-electron chi connectivity index (χ0n) is 11.6. The zero-order chi connectivity index (χ0) is 13.9. The summed E-state index contributed by atoms with van der Waals surface area (Å²) >= 11 is 0. The highest BCUT2D eigenvalue weighted by Gasteiger charge is 2.46. The van der Waals surface area contributed by atoms with E-state index >= 15 is 0 Å². The van der Waals surface area contributed by atoms with Gasteiger partial charge in [0, 0.05) is 12.5 Å². The van der Waals surface area contributed by atoms with Gasteiger partial charge in [-0.25, -0.2) is 0 Å². The van der Waals surface area contributed by atoms with Crippen molar-refractivity contribution in [2.75, 3.05) is 0 Å². The molecule has 0 radical (unpaired) electrons. The second kappa shape index (κ2) is 5.43. The molecule has 1 aliphatic rings. The lowest BCUT2D eigenvalue weighted by Gasteiger charge is -2.45. The molecule has 0 aromatic heterocycles. The first-order chi connectivity index (χ1) is 8.38. The van der Waals surface area contributed by atoms with Crippen LogP contribution in [0.25, 0.3) is 0 Å². The summed E-state index contributed by atoms with van der Waals surface area (Å²) in [5.41, 5.74) is -0.842. The first kappa shape index (κ1) is 14.6. The van der Waals surface area contributed by atoms with Gasteiger partial charge in [0.15, 0.2) is 0 Å². The molecule has 0 aliphatic carbocycles. The maximum absolute atomic E-state index is 12.5. The van der Waals surface area contributed by atoms with E-state index in [4.69, 9.17) is 6.42 Å². The Balaban J connectivity index is 3.11. The fraction of sp³-hybridized carbons (Fsp3) is 0.714. The molecule has 2 atom stereocenters. The van der Waals surface area contributed by atoms with Gasteiger partial charge < -0.3 is 10.2 Å². The summed E-state index contributed by atoms with van der Waals surface area (Å²) < 4.78 is 0. The Morgan fingerprint density at radius 2 is 2.06 bits per heavy atom. The Labute approximate surface area is 109 Å². The third-order valence-corrected chi connectivity index (χ3v) is 3.45. The van der Waals surface area contributed by atoms with Crippen LogP contribution in [0, 0.1) is 12.3 Å². The van der Waals surface area contributed by atoms with Crippen LogP contribution < -0.4 is 5.32 Å². The van der Waals surface area contributed by atoms with Crippen molar-refractivity contribution in [2.24, 2.45) is 0 Å². The summed E-state index contributed by atoms with van der Waals surface area (Å²) in [6.07, 6.45) is 7.21. The molecular weight excluding hydrogens is 228 g/mol. The van der Waals surface area contributed by atoms with Gasteiger partial charge in [-0.1, -0.05) is 13.8 Å². The van der Waals surface area contributed by atoms with Gasteiger partial charge >= 0.3 is 0 Å². The molecule has 1 fully saturated rings. The minimum Gasteiger partial charge on any atom is -0.340 e. The van der Waals surface area contributed by atoms with Crippen LogP contribution in [0.15, 0.2) is 0 Å². The monoisotopic (exact) mass is 250 g/mol. The lowest BCUT2D eigenvalue weighted by Crippen LogP contribution is -2.69. The highest BCUT2D eigenvalue weighted by Crippen LogP contribution is 2.24. The third kappa shape index (κ3) is 2.50. The maximum atomic E-state index is 12.5. The Bertz CT molecular complexity index is 382. The summed E-state index contributed by atoms with van der Waals surface area (Å²) in [4.78, 5) is 26.2. The fourth-order valence-electron chi connectivity index (χ4n) is 2.41. The van der Waals surface area contributed by atoms with Crippen molar-refractivity contribution in [3.8, 4) is 12.3 Å². The van der Waals surface area contributed by atoms with E-state index < -0.39 is 11.6 Å². The molecule has 4 nitrogen and oxygen atoms in total. The number of terminal acetylenes is 1. The Morgan fingerprint density at radius 3 is 2.50 bits per heavy atom. The quantitative estimate of drug-likeness (QED) is 0.765. The average Bonchev–Trinajstić information content (AvgIpc) is 2.30. The molecule has 2 unspecified atom stereocenters. The van der Waals surface area contributed by atoms with E-state index in [2.05, 4.69) is 11.2 Å². The molecule has 4 heteroatoms. The van der Waals surface area contributed by atoms with Crippen LogP contribution in [0.4, 0.5) is 0 Å². The molecule has 0 aromatic carbocycles. The second-order valence-corrected chi connectivity index (χ2v) is 5.22. The predicted molar refractivity (Wildman–Crippen MR) is 70.7 cm³/mol. The van der Waals surface area contributed by atoms with Crippen LogP contribution in [0.3, 0.4) is 0 Å². The van der Waals surface area contributed by atoms with Crippen LogP contribution in [0.5, 0.6) is 0 Å². The van der Waals surface area contributed by atoms with E-state index in [-0.39, 0.29) is 17.9 Å². The largest absolute Gasteiger partial charge is 0.340 e. The number of nitrogens with zero attached hydrogens (tertiary/aromatic N) is 1. The number of amides is 2. The first-order valence-corrected chi connectivity index (χ1v) is 6.47. The molecule has 1 saturated heterocycles. The second-order valence-electron chi connectivity index (χ2n) is 5.22. The van der Waals surface area contributed by atoms with Gasteiger partial charge in [-0.15, -0.1) is 12.3 Å². The molecule has 0 bridgehead atoms. The summed E-state index contributed by atoms with van der Waals surface area (Å²) in [5, 5.41) is 2.78. The van der Waals surface area contributed by atoms with Crippen LogP contribution in [-0.4, -0.2) is 34.3 Å². The van der Waals surface area contributed by atoms with Crippen molar-refractivity contribution in [2.45, 2.75) is 64.6 Å². The summed E-state index contributed by atoms with van der Waals surface area (Å²) in [5.74, 6) is 2.47.